The summed E-state index contributed by atoms with van der Waals surface area (Å²) in [6.07, 6.45) is 1.44. The molecule has 0 N–H and O–H groups in total. The van der Waals surface area contributed by atoms with Crippen molar-refractivity contribution in [2.24, 2.45) is 4.99 Å². The van der Waals surface area contributed by atoms with Gasteiger partial charge in [0.15, 0.2) is 4.80 Å². The average molecular weight is 545 g/mol. The van der Waals surface area contributed by atoms with Gasteiger partial charge < -0.3 is 24.3 Å². The topological polar surface area (TPSA) is 130 Å². The molecule has 5 rings (SSSR count). The number of benzene rings is 2. The number of nitrogens with zero attached hydrogens (tertiary/aromatic N) is 3. The van der Waals surface area contributed by atoms with Crippen LogP contribution in [0.2, 0.25) is 0 Å². The highest BCUT2D eigenvalue weighted by Crippen LogP contribution is 2.35. The Morgan fingerprint density at radius 1 is 1.15 bits per heavy atom. The summed E-state index contributed by atoms with van der Waals surface area (Å²) in [6, 6.07) is 12.6. The van der Waals surface area contributed by atoms with Gasteiger partial charge >= 0.3 is 5.97 Å². The Balaban J connectivity index is 1.78. The molecule has 2 aliphatic rings. The maximum Gasteiger partial charge on any atom is 0.338 e. The maximum absolute atomic E-state index is 14.1. The van der Waals surface area contributed by atoms with Crippen molar-refractivity contribution in [2.45, 2.75) is 13.0 Å². The normalized spacial score (nSPS) is 17.3. The number of aromatic nitrogens is 1. The third-order valence-corrected chi connectivity index (χ3v) is 7.47. The molecule has 0 aliphatic carbocycles. The van der Waals surface area contributed by atoms with Crippen LogP contribution in [0.4, 0.5) is 5.69 Å². The number of carbonyl (C=O) groups is 3. The number of carboxylic acid groups (broad SMARTS) is 1. The van der Waals surface area contributed by atoms with E-state index in [-0.39, 0.29) is 27.1 Å². The van der Waals surface area contributed by atoms with Crippen molar-refractivity contribution in [3.63, 3.8) is 0 Å². The molecular weight excluding hydrogens is 522 g/mol. The summed E-state index contributed by atoms with van der Waals surface area (Å²) < 4.78 is 12.0. The van der Waals surface area contributed by atoms with E-state index in [9.17, 15) is 24.3 Å². The fourth-order valence-corrected chi connectivity index (χ4v) is 5.87. The molecule has 0 radical (unpaired) electrons. The SMILES string of the molecule is C=CCOC(=O)C1=C(C)N=c2s/c(=C3\C(=O)N(CC(=O)[O-])c4ccccc43)c(=O)n2[C@@H]1c1ccc(OC)cc1. The number of anilines is 1. The lowest BCUT2D eigenvalue weighted by atomic mass is 9.96. The molecule has 2 aliphatic heterocycles. The molecule has 39 heavy (non-hydrogen) atoms. The van der Waals surface area contributed by atoms with Crippen LogP contribution in [0, 0.1) is 0 Å². The van der Waals surface area contributed by atoms with Crippen LogP contribution < -0.4 is 29.6 Å². The molecule has 1 aromatic heterocycles. The highest BCUT2D eigenvalue weighted by molar-refractivity contribution is 7.07. The number of thiazole rings is 1. The van der Waals surface area contributed by atoms with E-state index in [0.717, 1.165) is 16.2 Å². The Morgan fingerprint density at radius 3 is 2.54 bits per heavy atom. The Hall–Kier alpha value is -4.77. The van der Waals surface area contributed by atoms with E-state index in [1.807, 2.05) is 0 Å². The first-order valence-electron chi connectivity index (χ1n) is 11.8. The van der Waals surface area contributed by atoms with Crippen LogP contribution >= 0.6 is 11.3 Å². The van der Waals surface area contributed by atoms with Gasteiger partial charge in [0.25, 0.3) is 11.5 Å². The van der Waals surface area contributed by atoms with E-state index in [1.54, 1.807) is 55.5 Å². The molecule has 11 heteroatoms. The van der Waals surface area contributed by atoms with Crippen LogP contribution in [0.5, 0.6) is 5.75 Å². The van der Waals surface area contributed by atoms with E-state index in [1.165, 1.54) is 17.8 Å². The third kappa shape index (κ3) is 4.36. The summed E-state index contributed by atoms with van der Waals surface area (Å²) in [6.45, 7) is 4.54. The number of rotatable bonds is 7. The van der Waals surface area contributed by atoms with Gasteiger partial charge in [0, 0.05) is 5.56 Å². The zero-order valence-corrected chi connectivity index (χ0v) is 21.8. The molecule has 3 aromatic rings. The Labute approximate surface area is 226 Å². The lowest BCUT2D eigenvalue weighted by Crippen LogP contribution is -2.42. The number of carbonyl (C=O) groups excluding carboxylic acids is 3. The summed E-state index contributed by atoms with van der Waals surface area (Å²) in [5.41, 5.74) is 1.45. The van der Waals surface area contributed by atoms with Crippen LogP contribution in [-0.4, -0.2) is 42.7 Å². The van der Waals surface area contributed by atoms with E-state index >= 15 is 0 Å². The van der Waals surface area contributed by atoms with Crippen molar-refractivity contribution in [3.05, 3.63) is 103 Å². The number of ether oxygens (including phenoxy) is 2. The number of hydrogen-bond acceptors (Lipinski definition) is 9. The first-order chi connectivity index (χ1) is 18.8. The number of hydrogen-bond donors (Lipinski definition) is 0. The predicted octanol–water partition coefficient (Wildman–Crippen LogP) is 0.440. The van der Waals surface area contributed by atoms with E-state index in [2.05, 4.69) is 11.6 Å². The highest BCUT2D eigenvalue weighted by atomic mass is 32.1. The van der Waals surface area contributed by atoms with Crippen molar-refractivity contribution in [1.29, 1.82) is 0 Å². The second-order valence-corrected chi connectivity index (χ2v) is 9.70. The molecule has 3 heterocycles. The number of fused-ring (bicyclic) bond motifs is 2. The van der Waals surface area contributed by atoms with Gasteiger partial charge in [-0.25, -0.2) is 9.79 Å². The zero-order valence-electron chi connectivity index (χ0n) is 21.0. The molecule has 0 bridgehead atoms. The fraction of sp³-hybridized carbons (Fsp3) is 0.179. The van der Waals surface area contributed by atoms with E-state index in [0.29, 0.717) is 28.3 Å². The molecule has 1 amide bonds. The molecule has 10 nitrogen and oxygen atoms in total. The molecule has 1 atom stereocenters. The van der Waals surface area contributed by atoms with Crippen molar-refractivity contribution < 1.29 is 29.0 Å². The van der Waals surface area contributed by atoms with Gasteiger partial charge in [-0.05, 0) is 30.7 Å². The summed E-state index contributed by atoms with van der Waals surface area (Å²) >= 11 is 0.998. The number of allylic oxidation sites excluding steroid dienone is 1. The van der Waals surface area contributed by atoms with E-state index < -0.39 is 36.0 Å². The summed E-state index contributed by atoms with van der Waals surface area (Å²) in [5, 5.41) is 11.4. The van der Waals surface area contributed by atoms with Gasteiger partial charge in [-0.15, -0.1) is 0 Å². The molecule has 0 saturated heterocycles. The lowest BCUT2D eigenvalue weighted by molar-refractivity contribution is -0.303. The van der Waals surface area contributed by atoms with Gasteiger partial charge in [-0.3, -0.25) is 14.2 Å². The number of aliphatic carboxylic acids is 1. The number of para-hydroxylation sites is 1. The second-order valence-electron chi connectivity index (χ2n) is 8.72. The van der Waals surface area contributed by atoms with Gasteiger partial charge in [0.2, 0.25) is 0 Å². The molecule has 0 unspecified atom stereocenters. The molecule has 0 fully saturated rings. The quantitative estimate of drug-likeness (QED) is 0.312. The predicted molar refractivity (Wildman–Crippen MR) is 141 cm³/mol. The van der Waals surface area contributed by atoms with Crippen molar-refractivity contribution in [3.8, 4) is 5.75 Å². The molecule has 0 saturated carbocycles. The molecule has 0 spiro atoms. The minimum Gasteiger partial charge on any atom is -0.548 e. The Kier molecular flexibility index (Phi) is 6.75. The Morgan fingerprint density at radius 2 is 1.87 bits per heavy atom. The number of methoxy groups -OCH3 is 1. The summed E-state index contributed by atoms with van der Waals surface area (Å²) in [5.74, 6) is -2.13. The van der Waals surface area contributed by atoms with Gasteiger partial charge in [0.1, 0.15) is 16.9 Å². The second kappa shape index (κ2) is 10.2. The Bertz CT molecular complexity index is 1750. The zero-order chi connectivity index (χ0) is 27.8. The number of esters is 1. The molecule has 198 valence electrons. The molecule has 2 aromatic carbocycles. The largest absolute Gasteiger partial charge is 0.548 e. The van der Waals surface area contributed by atoms with Gasteiger partial charge in [0.05, 0.1) is 48.2 Å². The summed E-state index contributed by atoms with van der Waals surface area (Å²) in [7, 11) is 1.53. The van der Waals surface area contributed by atoms with Crippen molar-refractivity contribution in [1.82, 2.24) is 4.57 Å². The standard InChI is InChI=1S/C28H23N3O7S/c1-4-13-38-27(36)21-15(2)29-28-31(23(21)16-9-11-17(37-3)12-10-16)26(35)24(39-28)22-18-7-5-6-8-19(18)30(25(22)34)14-20(32)33/h4-12,23H,1,13-14H2,2-3H3,(H,32,33)/p-1/b24-22-/t23-/m1/s1. The number of amides is 1. The summed E-state index contributed by atoms with van der Waals surface area (Å²) in [4.78, 5) is 58.0. The average Bonchev–Trinajstić information content (AvgIpc) is 3.38. The lowest BCUT2D eigenvalue weighted by Gasteiger charge is -2.24. The highest BCUT2D eigenvalue weighted by Gasteiger charge is 2.37. The van der Waals surface area contributed by atoms with Crippen LogP contribution in [0.3, 0.4) is 0 Å². The first-order valence-corrected chi connectivity index (χ1v) is 12.7. The minimum atomic E-state index is -1.43. The van der Waals surface area contributed by atoms with Crippen molar-refractivity contribution in [2.75, 3.05) is 25.2 Å². The van der Waals surface area contributed by atoms with Gasteiger partial charge in [-0.2, -0.15) is 0 Å². The monoisotopic (exact) mass is 544 g/mol. The van der Waals surface area contributed by atoms with Crippen LogP contribution in [0.25, 0.3) is 5.57 Å². The minimum absolute atomic E-state index is 0.0287. The first kappa shape index (κ1) is 25.9. The maximum atomic E-state index is 14.1. The fourth-order valence-electron chi connectivity index (χ4n) is 4.73. The van der Waals surface area contributed by atoms with Crippen molar-refractivity contribution >= 4 is 40.4 Å². The van der Waals surface area contributed by atoms with Crippen LogP contribution in [-0.2, 0) is 19.1 Å². The van der Waals surface area contributed by atoms with Gasteiger partial charge in [-0.1, -0.05) is 54.3 Å². The van der Waals surface area contributed by atoms with E-state index in [4.69, 9.17) is 9.47 Å². The van der Waals surface area contributed by atoms with Crippen LogP contribution in [0.1, 0.15) is 24.1 Å². The third-order valence-electron chi connectivity index (χ3n) is 6.42. The smallest absolute Gasteiger partial charge is 0.338 e. The van der Waals surface area contributed by atoms with Crippen LogP contribution in [0.15, 0.2) is 82.2 Å². The molecular formula is C28H22N3O7S-. The number of carboxylic acids is 1.